The molecule has 0 saturated heterocycles. The van der Waals surface area contributed by atoms with Crippen molar-refractivity contribution in [3.8, 4) is 11.5 Å². The summed E-state index contributed by atoms with van der Waals surface area (Å²) in [5, 5.41) is 26.5. The minimum absolute atomic E-state index is 0.0505. The van der Waals surface area contributed by atoms with Gasteiger partial charge in [-0.1, -0.05) is 41.6 Å². The molecule has 2 heterocycles. The number of fused-ring (bicyclic) bond motifs is 1. The molecule has 14 nitrogen and oxygen atoms in total. The monoisotopic (exact) mass is 620 g/mol. The van der Waals surface area contributed by atoms with Gasteiger partial charge in [-0.15, -0.1) is 5.10 Å². The predicted molar refractivity (Wildman–Crippen MR) is 168 cm³/mol. The van der Waals surface area contributed by atoms with Gasteiger partial charge in [0.1, 0.15) is 25.0 Å². The van der Waals surface area contributed by atoms with E-state index >= 15 is 0 Å². The number of nitrogens with zero attached hydrogens (tertiary/aromatic N) is 5. The van der Waals surface area contributed by atoms with Crippen LogP contribution in [-0.2, 0) is 17.9 Å². The molecule has 1 aliphatic rings. The van der Waals surface area contributed by atoms with Crippen molar-refractivity contribution in [1.29, 1.82) is 0 Å². The summed E-state index contributed by atoms with van der Waals surface area (Å²) in [6.45, 7) is -0.0688. The van der Waals surface area contributed by atoms with Crippen LogP contribution < -0.4 is 25.5 Å². The maximum Gasteiger partial charge on any atom is 0.276 e. The van der Waals surface area contributed by atoms with Crippen molar-refractivity contribution in [3.63, 3.8) is 0 Å². The number of ether oxygens (including phenoxy) is 2. The van der Waals surface area contributed by atoms with Gasteiger partial charge in [-0.25, -0.2) is 9.69 Å². The Balaban J connectivity index is 1.13. The first-order valence-electron chi connectivity index (χ1n) is 14.1. The van der Waals surface area contributed by atoms with E-state index in [1.807, 2.05) is 54.6 Å². The molecule has 2 amide bonds. The second-order valence-electron chi connectivity index (χ2n) is 10.2. The van der Waals surface area contributed by atoms with Crippen LogP contribution in [0.4, 0.5) is 22.7 Å². The van der Waals surface area contributed by atoms with Crippen molar-refractivity contribution in [2.45, 2.75) is 19.3 Å². The SMILES string of the molecule is COc1cc(C2Nc3ccccc3C(=O)N2Nc2ccccc2)ccc1OCc1cn(CC(=O)Nc2ccc([N+](=O)[O-])cc2)nn1. The third kappa shape index (κ3) is 6.55. The first kappa shape index (κ1) is 29.6. The van der Waals surface area contributed by atoms with E-state index < -0.39 is 11.1 Å². The van der Waals surface area contributed by atoms with Crippen molar-refractivity contribution in [2.75, 3.05) is 23.2 Å². The van der Waals surface area contributed by atoms with Gasteiger partial charge < -0.3 is 20.1 Å². The molecule has 46 heavy (non-hydrogen) atoms. The van der Waals surface area contributed by atoms with Crippen molar-refractivity contribution < 1.29 is 24.0 Å². The summed E-state index contributed by atoms with van der Waals surface area (Å²) in [6, 6.07) is 27.7. The molecule has 0 aliphatic carbocycles. The van der Waals surface area contributed by atoms with Gasteiger partial charge in [-0.3, -0.25) is 25.1 Å². The van der Waals surface area contributed by atoms with Crippen molar-refractivity contribution in [3.05, 3.63) is 130 Å². The lowest BCUT2D eigenvalue weighted by molar-refractivity contribution is -0.384. The summed E-state index contributed by atoms with van der Waals surface area (Å²) >= 11 is 0. The van der Waals surface area contributed by atoms with Crippen molar-refractivity contribution >= 4 is 34.6 Å². The first-order chi connectivity index (χ1) is 22.4. The lowest BCUT2D eigenvalue weighted by Gasteiger charge is -2.38. The number of methoxy groups -OCH3 is 1. The molecular weight excluding hydrogens is 592 g/mol. The zero-order valence-corrected chi connectivity index (χ0v) is 24.5. The number of nitro benzene ring substituents is 1. The van der Waals surface area contributed by atoms with Crippen LogP contribution in [0.15, 0.2) is 103 Å². The number of hydrogen-bond acceptors (Lipinski definition) is 10. The number of nitro groups is 1. The summed E-state index contributed by atoms with van der Waals surface area (Å²) in [5.74, 6) is 0.325. The van der Waals surface area contributed by atoms with E-state index in [0.29, 0.717) is 34.1 Å². The molecule has 0 bridgehead atoms. The molecule has 232 valence electrons. The summed E-state index contributed by atoms with van der Waals surface area (Å²) in [5.41, 5.74) is 6.83. The molecule has 0 saturated carbocycles. The highest BCUT2D eigenvalue weighted by Gasteiger charge is 2.34. The van der Waals surface area contributed by atoms with Gasteiger partial charge in [-0.05, 0) is 48.5 Å². The quantitative estimate of drug-likeness (QED) is 0.135. The first-order valence-corrected chi connectivity index (χ1v) is 14.1. The van der Waals surface area contributed by atoms with Crippen LogP contribution in [0.3, 0.4) is 0 Å². The molecular formula is C32H28N8O6. The fourth-order valence-electron chi connectivity index (χ4n) is 4.88. The third-order valence-electron chi connectivity index (χ3n) is 7.08. The predicted octanol–water partition coefficient (Wildman–Crippen LogP) is 5.01. The second kappa shape index (κ2) is 13.1. The average Bonchev–Trinajstić information content (AvgIpc) is 3.52. The van der Waals surface area contributed by atoms with E-state index in [1.165, 1.54) is 36.1 Å². The van der Waals surface area contributed by atoms with Crippen LogP contribution in [0.5, 0.6) is 11.5 Å². The summed E-state index contributed by atoms with van der Waals surface area (Å²) in [7, 11) is 1.53. The Morgan fingerprint density at radius 1 is 0.978 bits per heavy atom. The van der Waals surface area contributed by atoms with E-state index in [0.717, 1.165) is 11.3 Å². The molecule has 6 rings (SSSR count). The second-order valence-corrected chi connectivity index (χ2v) is 10.2. The number of carbonyl (C=O) groups is 2. The van der Waals surface area contributed by atoms with E-state index in [1.54, 1.807) is 29.4 Å². The molecule has 0 spiro atoms. The smallest absolute Gasteiger partial charge is 0.276 e. The molecule has 5 aromatic rings. The highest BCUT2D eigenvalue weighted by molar-refractivity contribution is 6.02. The minimum Gasteiger partial charge on any atom is -0.493 e. The van der Waals surface area contributed by atoms with Gasteiger partial charge in [0, 0.05) is 29.1 Å². The molecule has 1 aromatic heterocycles. The molecule has 4 aromatic carbocycles. The fourth-order valence-corrected chi connectivity index (χ4v) is 4.88. The minimum atomic E-state index is -0.567. The van der Waals surface area contributed by atoms with Crippen LogP contribution in [0.1, 0.15) is 27.8 Å². The number of rotatable bonds is 11. The van der Waals surface area contributed by atoms with Gasteiger partial charge in [0.2, 0.25) is 5.91 Å². The Labute approximate surface area is 262 Å². The van der Waals surface area contributed by atoms with Crippen LogP contribution >= 0.6 is 0 Å². The summed E-state index contributed by atoms with van der Waals surface area (Å²) < 4.78 is 13.0. The molecule has 1 unspecified atom stereocenters. The standard InChI is InChI=1S/C32H28N8O6/c1-45-29-17-21(31-34-27-10-6-5-9-26(27)32(42)39(31)36-23-7-3-2-4-8-23)11-16-28(29)46-20-24-18-38(37-35-24)19-30(41)33-22-12-14-25(15-13-22)40(43)44/h2-18,31,34,36H,19-20H2,1H3,(H,33,41). The number of amides is 2. The van der Waals surface area contributed by atoms with E-state index in [4.69, 9.17) is 9.47 Å². The van der Waals surface area contributed by atoms with E-state index in [-0.39, 0.29) is 30.7 Å². The van der Waals surface area contributed by atoms with Gasteiger partial charge in [-0.2, -0.15) is 0 Å². The Morgan fingerprint density at radius 2 is 1.74 bits per heavy atom. The fraction of sp³-hybridized carbons (Fsp3) is 0.125. The van der Waals surface area contributed by atoms with E-state index in [2.05, 4.69) is 26.4 Å². The zero-order valence-electron chi connectivity index (χ0n) is 24.5. The number of benzene rings is 4. The molecule has 0 fully saturated rings. The number of carbonyl (C=O) groups excluding carboxylic acids is 2. The number of hydrogen-bond donors (Lipinski definition) is 3. The average molecular weight is 621 g/mol. The summed E-state index contributed by atoms with van der Waals surface area (Å²) in [6.07, 6.45) is 1.01. The van der Waals surface area contributed by atoms with Crippen LogP contribution in [0, 0.1) is 10.1 Å². The van der Waals surface area contributed by atoms with Gasteiger partial charge >= 0.3 is 0 Å². The zero-order chi connectivity index (χ0) is 32.0. The highest BCUT2D eigenvalue weighted by Crippen LogP contribution is 2.37. The summed E-state index contributed by atoms with van der Waals surface area (Å²) in [4.78, 5) is 36.3. The number of hydrazine groups is 1. The maximum absolute atomic E-state index is 13.6. The van der Waals surface area contributed by atoms with Gasteiger partial charge in [0.05, 0.1) is 29.5 Å². The molecule has 1 atom stereocenters. The molecule has 3 N–H and O–H groups in total. The Kier molecular flexibility index (Phi) is 8.41. The number of nitrogens with one attached hydrogen (secondary N) is 3. The van der Waals surface area contributed by atoms with Gasteiger partial charge in [0.15, 0.2) is 11.5 Å². The number of aromatic nitrogens is 3. The molecule has 1 aliphatic heterocycles. The topological polar surface area (TPSA) is 166 Å². The lowest BCUT2D eigenvalue weighted by atomic mass is 10.0. The Bertz CT molecular complexity index is 1880. The number of anilines is 3. The van der Waals surface area contributed by atoms with Crippen molar-refractivity contribution in [1.82, 2.24) is 20.0 Å². The molecule has 14 heteroatoms. The van der Waals surface area contributed by atoms with Crippen LogP contribution in [-0.4, -0.2) is 43.9 Å². The largest absolute Gasteiger partial charge is 0.493 e. The lowest BCUT2D eigenvalue weighted by Crippen LogP contribution is -2.46. The maximum atomic E-state index is 13.6. The molecule has 0 radical (unpaired) electrons. The third-order valence-corrected chi connectivity index (χ3v) is 7.08. The van der Waals surface area contributed by atoms with E-state index in [9.17, 15) is 19.7 Å². The highest BCUT2D eigenvalue weighted by atomic mass is 16.6. The van der Waals surface area contributed by atoms with Crippen LogP contribution in [0.2, 0.25) is 0 Å². The van der Waals surface area contributed by atoms with Crippen LogP contribution in [0.25, 0.3) is 0 Å². The number of non-ortho nitro benzene ring substituents is 1. The Hall–Kier alpha value is -6.44. The normalized spacial score (nSPS) is 13.7. The van der Waals surface area contributed by atoms with Crippen molar-refractivity contribution in [2.24, 2.45) is 0 Å². The number of para-hydroxylation sites is 2. The Morgan fingerprint density at radius 3 is 2.50 bits per heavy atom. The van der Waals surface area contributed by atoms with Gasteiger partial charge in [0.25, 0.3) is 11.6 Å².